The average Bonchev–Trinajstić information content (AvgIpc) is 3.16. The Morgan fingerprint density at radius 3 is 2.27 bits per heavy atom. The predicted octanol–water partition coefficient (Wildman–Crippen LogP) is 5.37. The van der Waals surface area contributed by atoms with Crippen molar-refractivity contribution in [2.75, 3.05) is 5.73 Å². The third-order valence-corrected chi connectivity index (χ3v) is 4.88. The third kappa shape index (κ3) is 3.20. The molecular formula is C24H18N4O2. The molecule has 6 heteroatoms. The van der Waals surface area contributed by atoms with Gasteiger partial charge in [-0.15, -0.1) is 0 Å². The highest BCUT2D eigenvalue weighted by Gasteiger charge is 2.16. The minimum atomic E-state index is 0.161. The van der Waals surface area contributed by atoms with E-state index in [4.69, 9.17) is 10.5 Å². The van der Waals surface area contributed by atoms with Crippen molar-refractivity contribution in [3.8, 4) is 39.6 Å². The van der Waals surface area contributed by atoms with Crippen LogP contribution >= 0.6 is 0 Å². The largest absolute Gasteiger partial charge is 0.507 e. The van der Waals surface area contributed by atoms with Crippen molar-refractivity contribution in [3.63, 3.8) is 0 Å². The number of nitrogens with one attached hydrogen (secondary N) is 1. The van der Waals surface area contributed by atoms with E-state index in [9.17, 15) is 5.11 Å². The number of nitrogen functional groups attached to an aromatic ring is 1. The van der Waals surface area contributed by atoms with Gasteiger partial charge in [0.15, 0.2) is 11.5 Å². The number of benzene rings is 3. The highest BCUT2D eigenvalue weighted by molar-refractivity contribution is 6.01. The van der Waals surface area contributed by atoms with E-state index in [1.165, 1.54) is 0 Å². The zero-order valence-corrected chi connectivity index (χ0v) is 15.9. The maximum Gasteiger partial charge on any atom is 0.158 e. The van der Waals surface area contributed by atoms with E-state index in [0.29, 0.717) is 22.7 Å². The lowest BCUT2D eigenvalue weighted by Gasteiger charge is -2.10. The molecule has 0 fully saturated rings. The molecule has 0 unspecified atom stereocenters. The molecule has 4 N–H and O–H groups in total. The molecule has 0 aliphatic heterocycles. The van der Waals surface area contributed by atoms with Crippen molar-refractivity contribution in [1.29, 1.82) is 0 Å². The van der Waals surface area contributed by atoms with Gasteiger partial charge in [0.25, 0.3) is 0 Å². The second-order valence-electron chi connectivity index (χ2n) is 6.84. The van der Waals surface area contributed by atoms with Gasteiger partial charge >= 0.3 is 0 Å². The van der Waals surface area contributed by atoms with Crippen molar-refractivity contribution in [3.05, 3.63) is 84.9 Å². The van der Waals surface area contributed by atoms with Gasteiger partial charge in [0, 0.05) is 5.56 Å². The van der Waals surface area contributed by atoms with Crippen LogP contribution in [0.1, 0.15) is 0 Å². The number of ether oxygens (including phenoxy) is 1. The number of pyridine rings is 1. The number of hydrogen-bond donors (Lipinski definition) is 3. The van der Waals surface area contributed by atoms with E-state index in [1.807, 2.05) is 72.8 Å². The Balaban J connectivity index is 1.59. The molecule has 0 amide bonds. The van der Waals surface area contributed by atoms with Crippen molar-refractivity contribution in [2.45, 2.75) is 0 Å². The van der Waals surface area contributed by atoms with E-state index in [0.717, 1.165) is 28.0 Å². The lowest BCUT2D eigenvalue weighted by Crippen LogP contribution is -1.92. The highest BCUT2D eigenvalue weighted by Crippen LogP contribution is 2.37. The summed E-state index contributed by atoms with van der Waals surface area (Å²) in [5.74, 6) is 2.05. The Kier molecular flexibility index (Phi) is 4.29. The Morgan fingerprint density at radius 1 is 0.800 bits per heavy atom. The first-order valence-corrected chi connectivity index (χ1v) is 9.45. The molecule has 146 valence electrons. The smallest absolute Gasteiger partial charge is 0.158 e. The fourth-order valence-corrected chi connectivity index (χ4v) is 3.44. The maximum atomic E-state index is 10.3. The first kappa shape index (κ1) is 17.8. The molecule has 6 nitrogen and oxygen atoms in total. The first-order valence-electron chi connectivity index (χ1n) is 9.45. The number of phenols is 1. The number of nitrogens with zero attached hydrogens (tertiary/aromatic N) is 2. The third-order valence-electron chi connectivity index (χ3n) is 4.88. The molecule has 0 aliphatic carbocycles. The standard InChI is InChI=1S/C24H18N4O2/c25-23-22-19(15-10-12-17(13-11-15)30-16-6-2-1-3-7-16)14-20(26-24(22)28-27-23)18-8-4-5-9-21(18)29/h1-14,29H,(H3,25,26,27,28). The predicted molar refractivity (Wildman–Crippen MR) is 117 cm³/mol. The molecule has 0 radical (unpaired) electrons. The molecule has 3 aromatic carbocycles. The van der Waals surface area contributed by atoms with Crippen molar-refractivity contribution in [2.24, 2.45) is 0 Å². The lowest BCUT2D eigenvalue weighted by molar-refractivity contribution is 0.477. The summed E-state index contributed by atoms with van der Waals surface area (Å²) in [7, 11) is 0. The van der Waals surface area contributed by atoms with Crippen LogP contribution < -0.4 is 10.5 Å². The summed E-state index contributed by atoms with van der Waals surface area (Å²) in [5.41, 5.74) is 9.75. The minimum Gasteiger partial charge on any atom is -0.507 e. The number of aromatic nitrogens is 3. The van der Waals surface area contributed by atoms with Crippen LogP contribution in [0.5, 0.6) is 17.2 Å². The molecule has 30 heavy (non-hydrogen) atoms. The summed E-state index contributed by atoms with van der Waals surface area (Å²) in [6, 6.07) is 26.4. The molecule has 2 aromatic heterocycles. The molecule has 5 rings (SSSR count). The number of H-pyrrole nitrogens is 1. The number of hydrogen-bond acceptors (Lipinski definition) is 5. The second kappa shape index (κ2) is 7.25. The quantitative estimate of drug-likeness (QED) is 0.381. The minimum absolute atomic E-state index is 0.161. The number of aromatic amines is 1. The normalized spacial score (nSPS) is 10.9. The van der Waals surface area contributed by atoms with Crippen LogP contribution in [0.25, 0.3) is 33.4 Å². The highest BCUT2D eigenvalue weighted by atomic mass is 16.5. The SMILES string of the molecule is Nc1n[nH]c2nc(-c3ccccc3O)cc(-c3ccc(Oc4ccccc4)cc3)c12. The molecule has 0 bridgehead atoms. The number of aromatic hydroxyl groups is 1. The Bertz CT molecular complexity index is 1330. The Hall–Kier alpha value is -4.32. The molecule has 5 aromatic rings. The molecule has 0 aliphatic rings. The van der Waals surface area contributed by atoms with Gasteiger partial charge in [-0.05, 0) is 53.6 Å². The number of fused-ring (bicyclic) bond motifs is 1. The van der Waals surface area contributed by atoms with Gasteiger partial charge in [-0.1, -0.05) is 42.5 Å². The van der Waals surface area contributed by atoms with Crippen LogP contribution in [0.3, 0.4) is 0 Å². The van der Waals surface area contributed by atoms with Crippen LogP contribution in [-0.4, -0.2) is 20.3 Å². The summed E-state index contributed by atoms with van der Waals surface area (Å²) < 4.78 is 5.89. The van der Waals surface area contributed by atoms with E-state index in [2.05, 4.69) is 15.2 Å². The number of nitrogens with two attached hydrogens (primary N) is 1. The summed E-state index contributed by atoms with van der Waals surface area (Å²) in [6.07, 6.45) is 0. The zero-order valence-electron chi connectivity index (χ0n) is 15.9. The molecule has 2 heterocycles. The average molecular weight is 394 g/mol. The number of anilines is 1. The zero-order chi connectivity index (χ0) is 20.5. The molecule has 0 spiro atoms. The maximum absolute atomic E-state index is 10.3. The topological polar surface area (TPSA) is 97.1 Å². The van der Waals surface area contributed by atoms with Crippen LogP contribution in [0.4, 0.5) is 5.82 Å². The van der Waals surface area contributed by atoms with E-state index in [1.54, 1.807) is 12.1 Å². The van der Waals surface area contributed by atoms with E-state index in [-0.39, 0.29) is 5.75 Å². The first-order chi connectivity index (χ1) is 14.7. The fraction of sp³-hybridized carbons (Fsp3) is 0. The van der Waals surface area contributed by atoms with Gasteiger partial charge in [-0.3, -0.25) is 5.10 Å². The number of rotatable bonds is 4. The van der Waals surface area contributed by atoms with Crippen LogP contribution in [-0.2, 0) is 0 Å². The van der Waals surface area contributed by atoms with Crippen LogP contribution in [0.15, 0.2) is 84.9 Å². The van der Waals surface area contributed by atoms with Gasteiger partial charge < -0.3 is 15.6 Å². The van der Waals surface area contributed by atoms with E-state index < -0.39 is 0 Å². The van der Waals surface area contributed by atoms with Gasteiger partial charge in [0.1, 0.15) is 17.2 Å². The fourth-order valence-electron chi connectivity index (χ4n) is 3.44. The lowest BCUT2D eigenvalue weighted by atomic mass is 10.00. The Labute approximate surface area is 172 Å². The summed E-state index contributed by atoms with van der Waals surface area (Å²) >= 11 is 0. The number of para-hydroxylation sites is 2. The Morgan fingerprint density at radius 2 is 1.50 bits per heavy atom. The summed E-state index contributed by atoms with van der Waals surface area (Å²) in [6.45, 7) is 0. The number of phenolic OH excluding ortho intramolecular Hbond substituents is 1. The molecular weight excluding hydrogens is 376 g/mol. The van der Waals surface area contributed by atoms with Crippen molar-refractivity contribution >= 4 is 16.9 Å². The molecule has 0 atom stereocenters. The van der Waals surface area contributed by atoms with Gasteiger partial charge in [0.2, 0.25) is 0 Å². The molecule has 0 saturated carbocycles. The second-order valence-corrected chi connectivity index (χ2v) is 6.84. The van der Waals surface area contributed by atoms with Crippen LogP contribution in [0, 0.1) is 0 Å². The summed E-state index contributed by atoms with van der Waals surface area (Å²) in [5, 5.41) is 18.0. The monoisotopic (exact) mass is 394 g/mol. The van der Waals surface area contributed by atoms with Crippen molar-refractivity contribution in [1.82, 2.24) is 15.2 Å². The van der Waals surface area contributed by atoms with Crippen molar-refractivity contribution < 1.29 is 9.84 Å². The van der Waals surface area contributed by atoms with Gasteiger partial charge in [-0.25, -0.2) is 4.98 Å². The molecule has 0 saturated heterocycles. The van der Waals surface area contributed by atoms with Gasteiger partial charge in [-0.2, -0.15) is 5.10 Å². The van der Waals surface area contributed by atoms with Crippen LogP contribution in [0.2, 0.25) is 0 Å². The van der Waals surface area contributed by atoms with E-state index >= 15 is 0 Å². The summed E-state index contributed by atoms with van der Waals surface area (Å²) in [4.78, 5) is 4.60. The van der Waals surface area contributed by atoms with Gasteiger partial charge in [0.05, 0.1) is 11.1 Å².